The molecule has 2 aliphatic rings. The lowest BCUT2D eigenvalue weighted by Gasteiger charge is -2.41. The van der Waals surface area contributed by atoms with E-state index in [0.717, 1.165) is 21.9 Å². The van der Waals surface area contributed by atoms with Gasteiger partial charge in [-0.15, -0.1) is 11.3 Å². The van der Waals surface area contributed by atoms with Gasteiger partial charge in [0.15, 0.2) is 5.78 Å². The zero-order valence-electron chi connectivity index (χ0n) is 49.6. The van der Waals surface area contributed by atoms with Gasteiger partial charge in [0, 0.05) is 70.3 Å². The summed E-state index contributed by atoms with van der Waals surface area (Å²) in [5.41, 5.74) is -0.199. The van der Waals surface area contributed by atoms with Gasteiger partial charge >= 0.3 is 0 Å². The summed E-state index contributed by atoms with van der Waals surface area (Å²) in [6.45, 7) is 17.5. The summed E-state index contributed by atoms with van der Waals surface area (Å²) >= 11 is 1.49. The van der Waals surface area contributed by atoms with Gasteiger partial charge in [-0.1, -0.05) is 71.4 Å². The second-order valence-corrected chi connectivity index (χ2v) is 22.4. The highest BCUT2D eigenvalue weighted by Crippen LogP contribution is 2.32. The minimum absolute atomic E-state index is 0.0105. The van der Waals surface area contributed by atoms with E-state index in [0.29, 0.717) is 85.3 Å². The number of Topliss-reactive ketones (excluding diaryl/α,β-unsaturated/α-hetero) is 1. The number of nitrogens with one attached hydrogen (secondary N) is 2. The molecule has 2 aliphatic heterocycles. The number of hydrogen-bond acceptors (Lipinski definition) is 17. The summed E-state index contributed by atoms with van der Waals surface area (Å²) in [7, 11) is 4.84. The van der Waals surface area contributed by atoms with Crippen LogP contribution in [0.1, 0.15) is 104 Å². The van der Waals surface area contributed by atoms with Crippen molar-refractivity contribution in [2.24, 2.45) is 23.7 Å². The molecule has 21 nitrogen and oxygen atoms in total. The molecule has 0 aliphatic carbocycles. The third kappa shape index (κ3) is 22.6. The highest BCUT2D eigenvalue weighted by molar-refractivity contribution is 7.09. The molecule has 2 aromatic rings. The fraction of sp³-hybridized carbons (Fsp3) is 0.695. The molecule has 0 saturated carbocycles. The predicted molar refractivity (Wildman–Crippen MR) is 305 cm³/mol. The molecule has 1 aromatic carbocycles. The number of methoxy groups -OCH3 is 2. The summed E-state index contributed by atoms with van der Waals surface area (Å²) in [6.07, 6.45) is 5.50. The SMILES string of the molecule is CC[C@H](C)[C@@H]([C@@H](CC(=O)N1CCC[C@H]1[C@H](OC)[C@@H](C)C(=O)N[C@@H](Cc1ccccc1)c1nccs1)OC)N(C)C(=O)[C@@H](CC(=O)C(C)(C)NC(=O)CCOCCOCCOCCOCCOCCOCCN1C(=O)C=CC1=O)C(C)C. The van der Waals surface area contributed by atoms with Crippen LogP contribution in [0, 0.1) is 23.7 Å². The summed E-state index contributed by atoms with van der Waals surface area (Å²) in [5.74, 6) is -3.55. The van der Waals surface area contributed by atoms with E-state index in [-0.39, 0.29) is 111 Å². The number of ether oxygens (including phenoxy) is 8. The summed E-state index contributed by atoms with van der Waals surface area (Å²) < 4.78 is 45.2. The van der Waals surface area contributed by atoms with Crippen molar-refractivity contribution in [3.05, 3.63) is 64.6 Å². The van der Waals surface area contributed by atoms with Crippen LogP contribution in [-0.2, 0) is 77.9 Å². The third-order valence-electron chi connectivity index (χ3n) is 15.0. The van der Waals surface area contributed by atoms with Gasteiger partial charge in [-0.2, -0.15) is 0 Å². The topological polar surface area (TPSA) is 240 Å². The average molecular weight is 1160 g/mol. The van der Waals surface area contributed by atoms with E-state index in [1.54, 1.807) is 46.2 Å². The van der Waals surface area contributed by atoms with Crippen LogP contribution in [-0.4, -0.2) is 204 Å². The molecule has 0 unspecified atom stereocenters. The molecule has 1 saturated heterocycles. The van der Waals surface area contributed by atoms with Crippen LogP contribution in [0.3, 0.4) is 0 Å². The Labute approximate surface area is 483 Å². The zero-order chi connectivity index (χ0) is 59.3. The quantitative estimate of drug-likeness (QED) is 0.0657. The molecule has 4 rings (SSSR count). The molecule has 81 heavy (non-hydrogen) atoms. The van der Waals surface area contributed by atoms with Crippen LogP contribution in [0.4, 0.5) is 0 Å². The first-order valence-electron chi connectivity index (χ1n) is 28.5. The highest BCUT2D eigenvalue weighted by Gasteiger charge is 2.44. The maximum atomic E-state index is 14.6. The maximum Gasteiger partial charge on any atom is 0.253 e. The van der Waals surface area contributed by atoms with Crippen LogP contribution in [0.5, 0.6) is 0 Å². The van der Waals surface area contributed by atoms with Crippen molar-refractivity contribution in [2.45, 2.75) is 129 Å². The number of benzene rings is 1. The number of rotatable bonds is 42. The fourth-order valence-electron chi connectivity index (χ4n) is 10.0. The molecule has 22 heteroatoms. The molecule has 1 fully saturated rings. The van der Waals surface area contributed by atoms with Crippen molar-refractivity contribution < 1.29 is 71.5 Å². The van der Waals surface area contributed by atoms with Crippen molar-refractivity contribution in [3.63, 3.8) is 0 Å². The number of likely N-dealkylation sites (N-methyl/N-ethyl adjacent to an activating group) is 1. The normalized spacial score (nSPS) is 17.2. The van der Waals surface area contributed by atoms with Gasteiger partial charge in [-0.3, -0.25) is 38.5 Å². The van der Waals surface area contributed by atoms with Crippen LogP contribution < -0.4 is 10.6 Å². The fourth-order valence-corrected chi connectivity index (χ4v) is 10.7. The molecule has 3 heterocycles. The third-order valence-corrected chi connectivity index (χ3v) is 15.9. The number of carbonyl (C=O) groups excluding carboxylic acids is 7. The number of likely N-dealkylation sites (tertiary alicyclic amines) is 1. The van der Waals surface area contributed by atoms with Crippen molar-refractivity contribution in [1.82, 2.24) is 30.3 Å². The lowest BCUT2D eigenvalue weighted by Crippen LogP contribution is -2.55. The second-order valence-electron chi connectivity index (χ2n) is 21.4. The first kappa shape index (κ1) is 68.5. The molecule has 2 N–H and O–H groups in total. The minimum Gasteiger partial charge on any atom is -0.379 e. The maximum absolute atomic E-state index is 14.6. The van der Waals surface area contributed by atoms with E-state index < -0.39 is 35.6 Å². The first-order valence-corrected chi connectivity index (χ1v) is 29.4. The summed E-state index contributed by atoms with van der Waals surface area (Å²) in [4.78, 5) is 102. The Morgan fingerprint density at radius 2 is 1.36 bits per heavy atom. The summed E-state index contributed by atoms with van der Waals surface area (Å²) in [5, 5.41) is 8.76. The van der Waals surface area contributed by atoms with E-state index in [1.807, 2.05) is 75.2 Å². The number of carbonyl (C=O) groups is 7. The molecule has 454 valence electrons. The van der Waals surface area contributed by atoms with Crippen LogP contribution in [0.2, 0.25) is 0 Å². The van der Waals surface area contributed by atoms with Gasteiger partial charge in [-0.25, -0.2) is 4.98 Å². The number of imide groups is 1. The van der Waals surface area contributed by atoms with E-state index in [9.17, 15) is 33.6 Å². The first-order chi connectivity index (χ1) is 38.8. The average Bonchev–Trinajstić information content (AvgIpc) is 4.31. The molecule has 6 amide bonds. The van der Waals surface area contributed by atoms with Gasteiger partial charge in [0.05, 0.1) is 134 Å². The van der Waals surface area contributed by atoms with Crippen molar-refractivity contribution >= 4 is 52.6 Å². The Balaban J connectivity index is 1.16. The Kier molecular flexibility index (Phi) is 30.9. The van der Waals surface area contributed by atoms with Gasteiger partial charge in [0.1, 0.15) is 5.01 Å². The van der Waals surface area contributed by atoms with Crippen molar-refractivity contribution in [3.8, 4) is 0 Å². The second kappa shape index (κ2) is 36.5. The number of ketones is 1. The minimum atomic E-state index is -1.27. The molecule has 0 radical (unpaired) electrons. The van der Waals surface area contributed by atoms with Crippen LogP contribution in [0.15, 0.2) is 54.1 Å². The van der Waals surface area contributed by atoms with E-state index >= 15 is 0 Å². The Morgan fingerprint density at radius 1 is 0.790 bits per heavy atom. The molecular weight excluding hydrogens is 1060 g/mol. The number of amides is 6. The standard InChI is InChI=1S/C59H92N6O15S/c1-11-42(4)54(48(73-9)40-53(70)64-23-15-18-47(64)55(74-10)43(5)56(71)61-46(57-60-22-37-81-57)38-44-16-13-12-14-17-44)63(8)58(72)45(41(2)3)39-49(66)59(6,7)62-50(67)21-25-75-27-29-77-31-33-79-35-36-80-34-32-78-30-28-76-26-24-65-51(68)19-20-52(65)69/h12-14,16-17,19-20,22,37,41-43,45-48,54-55H,11,15,18,21,23-36,38-40H2,1-10H3,(H,61,71)(H,62,67)/t42-,43+,45-,46-,47-,48+,54-,55+/m0/s1. The lowest BCUT2D eigenvalue weighted by molar-refractivity contribution is -0.149. The number of hydrogen-bond donors (Lipinski definition) is 2. The Hall–Kier alpha value is -5.04. The van der Waals surface area contributed by atoms with Gasteiger partial charge in [0.25, 0.3) is 11.8 Å². The molecular formula is C59H92N6O15S. The monoisotopic (exact) mass is 1160 g/mol. The molecule has 1 aromatic heterocycles. The van der Waals surface area contributed by atoms with Crippen molar-refractivity contribution in [2.75, 3.05) is 114 Å². The van der Waals surface area contributed by atoms with Gasteiger partial charge in [-0.05, 0) is 50.5 Å². The van der Waals surface area contributed by atoms with E-state index in [2.05, 4.69) is 15.6 Å². The van der Waals surface area contributed by atoms with Gasteiger partial charge in [0.2, 0.25) is 23.6 Å². The highest BCUT2D eigenvalue weighted by atomic mass is 32.1. The number of aromatic nitrogens is 1. The molecule has 8 atom stereocenters. The Bertz CT molecular complexity index is 2240. The summed E-state index contributed by atoms with van der Waals surface area (Å²) in [6, 6.07) is 8.73. The van der Waals surface area contributed by atoms with Crippen LogP contribution >= 0.6 is 11.3 Å². The van der Waals surface area contributed by atoms with E-state index in [4.69, 9.17) is 37.9 Å². The smallest absolute Gasteiger partial charge is 0.253 e. The number of nitrogens with zero attached hydrogens (tertiary/aromatic N) is 4. The largest absolute Gasteiger partial charge is 0.379 e. The zero-order valence-corrected chi connectivity index (χ0v) is 50.4. The van der Waals surface area contributed by atoms with Gasteiger partial charge < -0.3 is 58.3 Å². The van der Waals surface area contributed by atoms with Crippen LogP contribution in [0.25, 0.3) is 0 Å². The predicted octanol–water partition coefficient (Wildman–Crippen LogP) is 5.00. The Morgan fingerprint density at radius 3 is 1.88 bits per heavy atom. The van der Waals surface area contributed by atoms with Crippen molar-refractivity contribution in [1.29, 1.82) is 0 Å². The van der Waals surface area contributed by atoms with E-state index in [1.165, 1.54) is 23.5 Å². The molecule has 0 spiro atoms. The lowest BCUT2D eigenvalue weighted by atomic mass is 9.82. The molecule has 0 bridgehead atoms. The number of thiazole rings is 1.